The van der Waals surface area contributed by atoms with Crippen molar-refractivity contribution in [1.82, 2.24) is 0 Å². The number of hydrogen-bond acceptors (Lipinski definition) is 5. The molecule has 0 aliphatic carbocycles. The SMILES string of the molecule is C=CC[C@@H]1[C@H]2OC(C)(C)O[C@H]2O[C@@H]1[C@H]1COC(C)(C)O1. The van der Waals surface area contributed by atoms with E-state index in [1.807, 2.05) is 33.8 Å². The lowest BCUT2D eigenvalue weighted by Crippen LogP contribution is -2.39. The van der Waals surface area contributed by atoms with Crippen LogP contribution >= 0.6 is 0 Å². The van der Waals surface area contributed by atoms with E-state index in [4.69, 9.17) is 23.7 Å². The smallest absolute Gasteiger partial charge is 0.187 e. The Balaban J connectivity index is 1.75. The monoisotopic (exact) mass is 284 g/mol. The Labute approximate surface area is 120 Å². The highest BCUT2D eigenvalue weighted by Gasteiger charge is 2.57. The second-order valence-electron chi connectivity index (χ2n) is 6.62. The second-order valence-corrected chi connectivity index (χ2v) is 6.62. The minimum atomic E-state index is -0.591. The topological polar surface area (TPSA) is 46.2 Å². The van der Waals surface area contributed by atoms with Crippen molar-refractivity contribution in [3.05, 3.63) is 12.7 Å². The second kappa shape index (κ2) is 4.78. The summed E-state index contributed by atoms with van der Waals surface area (Å²) in [6.07, 6.45) is 2.15. The summed E-state index contributed by atoms with van der Waals surface area (Å²) in [7, 11) is 0. The van der Waals surface area contributed by atoms with Crippen molar-refractivity contribution < 1.29 is 23.7 Å². The lowest BCUT2D eigenvalue weighted by molar-refractivity contribution is -0.226. The molecule has 0 aromatic heterocycles. The fourth-order valence-corrected chi connectivity index (χ4v) is 3.30. The Bertz CT molecular complexity index is 392. The van der Waals surface area contributed by atoms with Crippen molar-refractivity contribution in [2.75, 3.05) is 6.61 Å². The van der Waals surface area contributed by atoms with Gasteiger partial charge in [-0.15, -0.1) is 6.58 Å². The van der Waals surface area contributed by atoms with Crippen molar-refractivity contribution >= 4 is 0 Å². The van der Waals surface area contributed by atoms with Crippen LogP contribution in [0, 0.1) is 5.92 Å². The first-order valence-electron chi connectivity index (χ1n) is 7.25. The molecule has 0 aromatic rings. The van der Waals surface area contributed by atoms with Gasteiger partial charge in [0.15, 0.2) is 17.9 Å². The van der Waals surface area contributed by atoms with Crippen molar-refractivity contribution in [3.63, 3.8) is 0 Å². The molecule has 20 heavy (non-hydrogen) atoms. The van der Waals surface area contributed by atoms with Crippen LogP contribution < -0.4 is 0 Å². The Morgan fingerprint density at radius 1 is 1.05 bits per heavy atom. The van der Waals surface area contributed by atoms with E-state index in [0.717, 1.165) is 6.42 Å². The van der Waals surface area contributed by atoms with E-state index in [-0.39, 0.29) is 30.5 Å². The van der Waals surface area contributed by atoms with Crippen LogP contribution in [0.2, 0.25) is 0 Å². The van der Waals surface area contributed by atoms with Crippen molar-refractivity contribution in [3.8, 4) is 0 Å². The molecule has 0 amide bonds. The number of hydrogen-bond donors (Lipinski definition) is 0. The summed E-state index contributed by atoms with van der Waals surface area (Å²) in [4.78, 5) is 0. The highest BCUT2D eigenvalue weighted by atomic mass is 16.8. The number of ether oxygens (including phenoxy) is 5. The zero-order chi connectivity index (χ0) is 14.5. The molecule has 3 rings (SSSR count). The van der Waals surface area contributed by atoms with Crippen LogP contribution in [0.5, 0.6) is 0 Å². The summed E-state index contributed by atoms with van der Waals surface area (Å²) < 4.78 is 29.4. The highest BCUT2D eigenvalue weighted by Crippen LogP contribution is 2.45. The van der Waals surface area contributed by atoms with Gasteiger partial charge in [-0.05, 0) is 34.1 Å². The van der Waals surface area contributed by atoms with Crippen molar-refractivity contribution in [1.29, 1.82) is 0 Å². The van der Waals surface area contributed by atoms with Gasteiger partial charge in [0.1, 0.15) is 12.2 Å². The predicted octanol–water partition coefficient (Wildman–Crippen LogP) is 2.21. The molecule has 3 aliphatic rings. The molecule has 0 aromatic carbocycles. The molecule has 3 fully saturated rings. The summed E-state index contributed by atoms with van der Waals surface area (Å²) in [6, 6.07) is 0. The number of allylic oxidation sites excluding steroid dienone is 1. The maximum atomic E-state index is 6.06. The van der Waals surface area contributed by atoms with Crippen molar-refractivity contribution in [2.24, 2.45) is 5.92 Å². The highest BCUT2D eigenvalue weighted by molar-refractivity contribution is 4.99. The molecule has 5 atom stereocenters. The van der Waals surface area contributed by atoms with Crippen LogP contribution in [-0.2, 0) is 23.7 Å². The Hall–Kier alpha value is -0.460. The van der Waals surface area contributed by atoms with Gasteiger partial charge in [0.05, 0.1) is 12.7 Å². The standard InChI is InChI=1S/C15H24O5/c1-6-7-9-11(10-8-16-14(2,3)18-10)17-13-12(9)19-15(4,5)20-13/h6,9-13H,1,7-8H2,2-5H3/t9-,10+,11-,12+,13+/m0/s1. The fourth-order valence-electron chi connectivity index (χ4n) is 3.30. The third-order valence-electron chi connectivity index (χ3n) is 4.06. The maximum Gasteiger partial charge on any atom is 0.187 e. The molecular weight excluding hydrogens is 260 g/mol. The van der Waals surface area contributed by atoms with Gasteiger partial charge in [-0.2, -0.15) is 0 Å². The van der Waals surface area contributed by atoms with E-state index in [1.54, 1.807) is 0 Å². The summed E-state index contributed by atoms with van der Waals surface area (Å²) in [5.41, 5.74) is 0. The van der Waals surface area contributed by atoms with Crippen LogP contribution in [0.25, 0.3) is 0 Å². The van der Waals surface area contributed by atoms with E-state index in [9.17, 15) is 0 Å². The molecule has 0 bridgehead atoms. The summed E-state index contributed by atoms with van der Waals surface area (Å²) in [5, 5.41) is 0. The molecule has 0 spiro atoms. The van der Waals surface area contributed by atoms with Gasteiger partial charge in [0.25, 0.3) is 0 Å². The Morgan fingerprint density at radius 2 is 1.80 bits per heavy atom. The molecule has 0 unspecified atom stereocenters. The summed E-state index contributed by atoms with van der Waals surface area (Å²) in [6.45, 7) is 12.0. The minimum absolute atomic E-state index is 0.0692. The van der Waals surface area contributed by atoms with Crippen molar-refractivity contribution in [2.45, 2.75) is 70.3 Å². The van der Waals surface area contributed by atoms with Gasteiger partial charge in [-0.25, -0.2) is 0 Å². The first-order chi connectivity index (χ1) is 9.31. The van der Waals surface area contributed by atoms with E-state index < -0.39 is 11.6 Å². The van der Waals surface area contributed by atoms with Crippen LogP contribution in [0.4, 0.5) is 0 Å². The molecule has 5 heteroatoms. The zero-order valence-corrected chi connectivity index (χ0v) is 12.6. The average molecular weight is 284 g/mol. The minimum Gasteiger partial charge on any atom is -0.348 e. The third kappa shape index (κ3) is 2.53. The lowest BCUT2D eigenvalue weighted by Gasteiger charge is -2.28. The van der Waals surface area contributed by atoms with Crippen LogP contribution in [0.1, 0.15) is 34.1 Å². The van der Waals surface area contributed by atoms with Gasteiger partial charge in [-0.1, -0.05) is 6.08 Å². The lowest BCUT2D eigenvalue weighted by atomic mass is 9.91. The first-order valence-corrected chi connectivity index (χ1v) is 7.25. The van der Waals surface area contributed by atoms with Crippen LogP contribution in [0.3, 0.4) is 0 Å². The fraction of sp³-hybridized carbons (Fsp3) is 0.867. The molecule has 114 valence electrons. The molecule has 0 radical (unpaired) electrons. The van der Waals surface area contributed by atoms with E-state index in [0.29, 0.717) is 6.61 Å². The predicted molar refractivity (Wildman–Crippen MR) is 71.9 cm³/mol. The van der Waals surface area contributed by atoms with Gasteiger partial charge < -0.3 is 23.7 Å². The number of rotatable bonds is 3. The van der Waals surface area contributed by atoms with Gasteiger partial charge in [0, 0.05) is 5.92 Å². The Kier molecular flexibility index (Phi) is 3.46. The Morgan fingerprint density at radius 3 is 2.40 bits per heavy atom. The number of fused-ring (bicyclic) bond motifs is 1. The largest absolute Gasteiger partial charge is 0.348 e. The van der Waals surface area contributed by atoms with E-state index >= 15 is 0 Å². The summed E-state index contributed by atoms with van der Waals surface area (Å²) >= 11 is 0. The van der Waals surface area contributed by atoms with Gasteiger partial charge in [0.2, 0.25) is 0 Å². The normalized spacial score (nSPS) is 45.5. The molecule has 0 saturated carbocycles. The molecule has 3 heterocycles. The first kappa shape index (κ1) is 14.5. The maximum absolute atomic E-state index is 6.06. The summed E-state index contributed by atoms with van der Waals surface area (Å²) in [5.74, 6) is -0.959. The molecule has 3 saturated heterocycles. The molecule has 5 nitrogen and oxygen atoms in total. The third-order valence-corrected chi connectivity index (χ3v) is 4.06. The van der Waals surface area contributed by atoms with Gasteiger partial charge >= 0.3 is 0 Å². The van der Waals surface area contributed by atoms with E-state index in [2.05, 4.69) is 6.58 Å². The average Bonchev–Trinajstić information content (AvgIpc) is 2.91. The van der Waals surface area contributed by atoms with Crippen LogP contribution in [-0.4, -0.2) is 42.8 Å². The molecular formula is C15H24O5. The zero-order valence-electron chi connectivity index (χ0n) is 12.6. The molecule has 0 N–H and O–H groups in total. The van der Waals surface area contributed by atoms with E-state index in [1.165, 1.54) is 0 Å². The quantitative estimate of drug-likeness (QED) is 0.744. The van der Waals surface area contributed by atoms with Crippen LogP contribution in [0.15, 0.2) is 12.7 Å². The molecule has 3 aliphatic heterocycles. The van der Waals surface area contributed by atoms with Gasteiger partial charge in [-0.3, -0.25) is 0 Å².